The lowest BCUT2D eigenvalue weighted by Crippen LogP contribution is -2.36. The summed E-state index contributed by atoms with van der Waals surface area (Å²) in [7, 11) is -2.96. The van der Waals surface area contributed by atoms with Crippen LogP contribution in [-0.4, -0.2) is 47.8 Å². The number of rotatable bonds is 5. The Morgan fingerprint density at radius 1 is 1.23 bits per heavy atom. The molecule has 0 aromatic heterocycles. The van der Waals surface area contributed by atoms with Crippen LogP contribution >= 0.6 is 15.9 Å². The average molecular weight is 499 g/mol. The van der Waals surface area contributed by atoms with Crippen LogP contribution in [0.2, 0.25) is 0 Å². The number of methoxy groups -OCH3 is 1. The van der Waals surface area contributed by atoms with E-state index in [1.807, 2.05) is 30.3 Å². The smallest absolute Gasteiger partial charge is 0.300 e. The summed E-state index contributed by atoms with van der Waals surface area (Å²) in [6.07, 6.45) is -0.483. The first-order valence-electron chi connectivity index (χ1n) is 8.79. The molecule has 1 aliphatic heterocycles. The molecule has 0 saturated carbocycles. The summed E-state index contributed by atoms with van der Waals surface area (Å²) < 4.78 is 38.4. The first-order chi connectivity index (χ1) is 14.3. The van der Waals surface area contributed by atoms with Gasteiger partial charge in [0.25, 0.3) is 21.7 Å². The van der Waals surface area contributed by atoms with Gasteiger partial charge in [-0.3, -0.25) is 14.4 Å². The van der Waals surface area contributed by atoms with Gasteiger partial charge in [-0.1, -0.05) is 46.3 Å². The first kappa shape index (κ1) is 22.1. The Morgan fingerprint density at radius 3 is 2.43 bits per heavy atom. The van der Waals surface area contributed by atoms with E-state index in [9.17, 15) is 23.6 Å². The topological polar surface area (TPSA) is 119 Å². The van der Waals surface area contributed by atoms with Crippen LogP contribution in [0.15, 0.2) is 71.1 Å². The first-order valence-corrected chi connectivity index (χ1v) is 11.1. The van der Waals surface area contributed by atoms with E-state index in [-0.39, 0.29) is 29.4 Å². The van der Waals surface area contributed by atoms with Crippen molar-refractivity contribution in [2.75, 3.05) is 20.3 Å². The number of hydrogen-bond acceptors (Lipinski definition) is 7. The van der Waals surface area contributed by atoms with Crippen LogP contribution in [0.3, 0.4) is 0 Å². The van der Waals surface area contributed by atoms with Crippen LogP contribution in [0.25, 0.3) is 0 Å². The number of aliphatic hydroxyl groups excluding tert-OH is 1. The van der Waals surface area contributed by atoms with Gasteiger partial charge in [-0.15, -0.1) is 0 Å². The molecular formula is C19H19BrN2O7S. The van der Waals surface area contributed by atoms with Crippen LogP contribution in [-0.2, 0) is 19.5 Å². The summed E-state index contributed by atoms with van der Waals surface area (Å²) in [6, 6.07) is 13.8. The van der Waals surface area contributed by atoms with Gasteiger partial charge in [0.1, 0.15) is 5.70 Å². The number of sulfonamides is 1. The zero-order chi connectivity index (χ0) is 21.9. The zero-order valence-electron chi connectivity index (χ0n) is 15.8. The van der Waals surface area contributed by atoms with E-state index in [2.05, 4.69) is 15.9 Å². The van der Waals surface area contributed by atoms with Crippen molar-refractivity contribution >= 4 is 31.6 Å². The van der Waals surface area contributed by atoms with Gasteiger partial charge in [-0.05, 0) is 17.7 Å². The fourth-order valence-corrected chi connectivity index (χ4v) is 5.51. The van der Waals surface area contributed by atoms with Crippen LogP contribution in [0.5, 0.6) is 0 Å². The van der Waals surface area contributed by atoms with Crippen LogP contribution in [0, 0.1) is 10.1 Å². The molecular weight excluding hydrogens is 480 g/mol. The third-order valence-corrected chi connectivity index (χ3v) is 7.16. The van der Waals surface area contributed by atoms with E-state index in [0.717, 1.165) is 34.1 Å². The van der Waals surface area contributed by atoms with E-state index in [4.69, 9.17) is 9.47 Å². The molecule has 0 amide bonds. The van der Waals surface area contributed by atoms with Gasteiger partial charge >= 0.3 is 0 Å². The molecule has 1 fully saturated rings. The van der Waals surface area contributed by atoms with Crippen molar-refractivity contribution in [1.82, 2.24) is 4.31 Å². The van der Waals surface area contributed by atoms with Crippen molar-refractivity contribution in [3.05, 3.63) is 81.9 Å². The van der Waals surface area contributed by atoms with Crippen molar-refractivity contribution in [2.45, 2.75) is 15.8 Å². The predicted molar refractivity (Wildman–Crippen MR) is 112 cm³/mol. The minimum absolute atomic E-state index is 0.0678. The third kappa shape index (κ3) is 4.42. The molecule has 0 unspecified atom stereocenters. The molecule has 160 valence electrons. The molecule has 1 N–H and O–H groups in total. The lowest BCUT2D eigenvalue weighted by Gasteiger charge is -2.26. The summed E-state index contributed by atoms with van der Waals surface area (Å²) in [5.41, 5.74) is 0.537. The second kappa shape index (κ2) is 9.02. The molecule has 1 saturated heterocycles. The van der Waals surface area contributed by atoms with Crippen LogP contribution in [0.1, 0.15) is 11.7 Å². The lowest BCUT2D eigenvalue weighted by atomic mass is 10.1. The number of hydrogen-bond donors (Lipinski definition) is 1. The van der Waals surface area contributed by atoms with Gasteiger partial charge in [0.2, 0.25) is 0 Å². The van der Waals surface area contributed by atoms with Gasteiger partial charge in [-0.25, -0.2) is 8.42 Å². The van der Waals surface area contributed by atoms with Crippen molar-refractivity contribution < 1.29 is 27.9 Å². The molecule has 3 rings (SSSR count). The molecule has 30 heavy (non-hydrogen) atoms. The number of nitrogens with zero attached hydrogens (tertiary/aromatic N) is 2. The number of non-ortho nitro benzene ring substituents is 1. The van der Waals surface area contributed by atoms with E-state index in [1.54, 1.807) is 0 Å². The molecule has 0 bridgehead atoms. The Bertz CT molecular complexity index is 1040. The molecule has 1 aliphatic rings. The maximum Gasteiger partial charge on any atom is 0.300 e. The average Bonchev–Trinajstić information content (AvgIpc) is 2.93. The highest BCUT2D eigenvalue weighted by atomic mass is 79.9. The Kier molecular flexibility index (Phi) is 6.64. The highest BCUT2D eigenvalue weighted by Crippen LogP contribution is 2.35. The van der Waals surface area contributed by atoms with Crippen LogP contribution in [0.4, 0.5) is 5.69 Å². The maximum absolute atomic E-state index is 13.3. The SMILES string of the molecule is CO/C(O)=C1\CO[C@@H](c2ccccc2)[C@H](Br)CN1S(=O)(=O)c1ccc([N+](=O)[O-])cc1. The van der Waals surface area contributed by atoms with E-state index < -0.39 is 31.8 Å². The second-order valence-corrected chi connectivity index (χ2v) is 9.44. The Balaban J connectivity index is 2.02. The number of alkyl halides is 1. The quantitative estimate of drug-likeness (QED) is 0.290. The summed E-state index contributed by atoms with van der Waals surface area (Å²) in [4.78, 5) is 9.65. The summed E-state index contributed by atoms with van der Waals surface area (Å²) in [5, 5.41) is 21.1. The zero-order valence-corrected chi connectivity index (χ0v) is 18.2. The summed E-state index contributed by atoms with van der Waals surface area (Å²) in [6.45, 7) is -0.296. The molecule has 2 aromatic carbocycles. The molecule has 0 spiro atoms. The number of aliphatic hydroxyl groups is 1. The van der Waals surface area contributed by atoms with Crippen molar-refractivity contribution in [3.8, 4) is 0 Å². The highest BCUT2D eigenvalue weighted by molar-refractivity contribution is 9.09. The molecule has 0 radical (unpaired) electrons. The number of nitro groups is 1. The number of halogens is 1. The predicted octanol–water partition coefficient (Wildman–Crippen LogP) is 3.49. The standard InChI is InChI=1S/C19H19BrN2O7S/c1-28-19(23)17-12-29-18(13-5-3-2-4-6-13)16(20)11-21(17)30(26,27)15-9-7-14(8-10-15)22(24)25/h2-10,16,18,23H,11-12H2,1H3/b19-17+/t16-,18+/m1/s1. The second-order valence-electron chi connectivity index (χ2n) is 6.40. The normalized spacial score (nSPS) is 21.6. The van der Waals surface area contributed by atoms with Crippen molar-refractivity contribution in [3.63, 3.8) is 0 Å². The van der Waals surface area contributed by atoms with Gasteiger partial charge in [0.05, 0.1) is 34.5 Å². The van der Waals surface area contributed by atoms with Crippen molar-refractivity contribution in [1.29, 1.82) is 0 Å². The molecule has 1 heterocycles. The van der Waals surface area contributed by atoms with Gasteiger partial charge in [0, 0.05) is 18.7 Å². The highest BCUT2D eigenvalue weighted by Gasteiger charge is 2.38. The number of ether oxygens (including phenoxy) is 2. The molecule has 2 aromatic rings. The van der Waals surface area contributed by atoms with E-state index in [0.29, 0.717) is 0 Å². The molecule has 9 nitrogen and oxygen atoms in total. The molecule has 2 atom stereocenters. The fraction of sp³-hybridized carbons (Fsp3) is 0.263. The summed E-state index contributed by atoms with van der Waals surface area (Å²) in [5.74, 6) is -0.589. The number of benzene rings is 2. The molecule has 11 heteroatoms. The summed E-state index contributed by atoms with van der Waals surface area (Å²) >= 11 is 3.51. The Hall–Kier alpha value is -2.63. The number of nitro benzene ring substituents is 1. The Morgan fingerprint density at radius 2 is 1.87 bits per heavy atom. The van der Waals surface area contributed by atoms with Gasteiger partial charge in [-0.2, -0.15) is 0 Å². The van der Waals surface area contributed by atoms with E-state index >= 15 is 0 Å². The largest absolute Gasteiger partial charge is 0.480 e. The maximum atomic E-state index is 13.3. The Labute approximate surface area is 181 Å². The van der Waals surface area contributed by atoms with E-state index in [1.165, 1.54) is 7.11 Å². The molecule has 0 aliphatic carbocycles. The van der Waals surface area contributed by atoms with Crippen LogP contribution < -0.4 is 0 Å². The fourth-order valence-electron chi connectivity index (χ4n) is 3.05. The lowest BCUT2D eigenvalue weighted by molar-refractivity contribution is -0.384. The van der Waals surface area contributed by atoms with Crippen molar-refractivity contribution in [2.24, 2.45) is 0 Å². The van der Waals surface area contributed by atoms with Gasteiger partial charge < -0.3 is 14.6 Å². The minimum atomic E-state index is -4.17. The van der Waals surface area contributed by atoms with Gasteiger partial charge in [0.15, 0.2) is 0 Å². The monoisotopic (exact) mass is 498 g/mol. The third-order valence-electron chi connectivity index (χ3n) is 4.57. The minimum Gasteiger partial charge on any atom is -0.480 e.